The number of thiazole rings is 1. The Morgan fingerprint density at radius 3 is 1.16 bits per heavy atom. The van der Waals surface area contributed by atoms with Crippen molar-refractivity contribution in [3.63, 3.8) is 0 Å². The van der Waals surface area contributed by atoms with Gasteiger partial charge in [-0.25, -0.2) is 18.5 Å². The number of sulfonamides is 1. The zero-order valence-electron chi connectivity index (χ0n) is 67.5. The largest absolute Gasteiger partial charge is 0.473 e. The van der Waals surface area contributed by atoms with E-state index in [4.69, 9.17) is 14.6 Å². The van der Waals surface area contributed by atoms with E-state index in [9.17, 15) is 8.42 Å². The van der Waals surface area contributed by atoms with Crippen LogP contribution in [-0.2, 0) is 19.5 Å². The maximum absolute atomic E-state index is 10.6. The van der Waals surface area contributed by atoms with E-state index in [1.54, 1.807) is 104 Å². The van der Waals surface area contributed by atoms with Crippen LogP contribution in [0.4, 0.5) is 0 Å². The Morgan fingerprint density at radius 1 is 0.406 bits per heavy atom. The van der Waals surface area contributed by atoms with Gasteiger partial charge < -0.3 is 28.3 Å². The van der Waals surface area contributed by atoms with Crippen molar-refractivity contribution in [2.75, 3.05) is 0 Å². The molecule has 578 valence electrons. The molecular formula is C85H148N6O6S4. The van der Waals surface area contributed by atoms with Gasteiger partial charge in [0.05, 0.1) is 53.5 Å². The third-order valence-electron chi connectivity index (χ3n) is 16.1. The number of nitrogens with zero attached hydrogens (tertiary/aromatic N) is 3. The highest BCUT2D eigenvalue weighted by atomic mass is 32.2. The maximum atomic E-state index is 10.6. The van der Waals surface area contributed by atoms with E-state index in [0.717, 1.165) is 32.8 Å². The minimum Gasteiger partial charge on any atom is -0.473 e. The van der Waals surface area contributed by atoms with Gasteiger partial charge in [-0.2, -0.15) is 23.5 Å². The highest BCUT2D eigenvalue weighted by molar-refractivity contribution is 8.01. The highest BCUT2D eigenvalue weighted by Crippen LogP contribution is 2.59. The van der Waals surface area contributed by atoms with Gasteiger partial charge in [0, 0.05) is 69.1 Å². The van der Waals surface area contributed by atoms with Gasteiger partial charge in [-0.05, 0) is 192 Å². The zero-order chi connectivity index (χ0) is 76.6. The molecule has 12 nitrogen and oxygen atoms in total. The van der Waals surface area contributed by atoms with Crippen molar-refractivity contribution < 1.29 is 26.7 Å². The van der Waals surface area contributed by atoms with Crippen molar-refractivity contribution in [1.82, 2.24) is 24.9 Å². The molecule has 10 fully saturated rings. The van der Waals surface area contributed by atoms with E-state index in [1.807, 2.05) is 231 Å². The molecule has 4 N–H and O–H groups in total. The van der Waals surface area contributed by atoms with Gasteiger partial charge in [-0.1, -0.05) is 208 Å². The third-order valence-corrected chi connectivity index (χ3v) is 21.1. The molecule has 8 aromatic rings. The first-order valence-electron chi connectivity index (χ1n) is 39.6. The second-order valence-electron chi connectivity index (χ2n) is 21.1. The molecule has 0 radical (unpaired) electrons. The fraction of sp³-hybridized carbons (Fsp3) is 0.612. The molecule has 8 unspecified atom stereocenters. The number of hydrogen-bond donors (Lipinski definition) is 3. The molecule has 0 spiro atoms. The molecule has 18 rings (SSSR count). The van der Waals surface area contributed by atoms with Crippen molar-refractivity contribution in [1.29, 1.82) is 0 Å². The third kappa shape index (κ3) is 45.8. The van der Waals surface area contributed by atoms with Gasteiger partial charge in [0.2, 0.25) is 10.0 Å². The summed E-state index contributed by atoms with van der Waals surface area (Å²) in [6.07, 6.45) is 47.8. The van der Waals surface area contributed by atoms with Gasteiger partial charge in [-0.15, -0.1) is 11.3 Å². The van der Waals surface area contributed by atoms with Gasteiger partial charge in [-0.3, -0.25) is 9.97 Å². The van der Waals surface area contributed by atoms with Crippen LogP contribution in [0.2, 0.25) is 0 Å². The minimum atomic E-state index is -3.50. The molecular weight excluding hydrogens is 1330 g/mol. The molecule has 2 aromatic carbocycles. The predicted molar refractivity (Wildman–Crippen MR) is 448 cm³/mol. The summed E-state index contributed by atoms with van der Waals surface area (Å²) in [5.74, 6) is 4.31. The van der Waals surface area contributed by atoms with Crippen molar-refractivity contribution in [2.45, 2.75) is 318 Å². The van der Waals surface area contributed by atoms with Crippen LogP contribution < -0.4 is 5.14 Å². The number of fused-ring (bicyclic) bond motifs is 15. The average Bonchev–Trinajstić information content (AvgIpc) is 1.63. The lowest BCUT2D eigenvalue weighted by atomic mass is 9.82. The first-order valence-corrected chi connectivity index (χ1v) is 44.0. The molecule has 101 heavy (non-hydrogen) atoms. The number of furan rings is 1. The number of benzene rings is 2. The number of rotatable bonds is 1. The smallest absolute Gasteiger partial charge is 0.238 e. The molecule has 10 aliphatic rings. The van der Waals surface area contributed by atoms with Gasteiger partial charge in [0.25, 0.3) is 0 Å². The number of hydrogen-bond acceptors (Lipinski definition) is 12. The number of oxazole rings is 1. The number of primary sulfonamides is 1. The fourth-order valence-electron chi connectivity index (χ4n) is 12.4. The normalized spacial score (nSPS) is 22.8. The van der Waals surface area contributed by atoms with Crippen LogP contribution in [0.3, 0.4) is 0 Å². The molecule has 16 heteroatoms. The summed E-state index contributed by atoms with van der Waals surface area (Å²) in [7, 11) is -3.50. The number of para-hydroxylation sites is 1. The Labute approximate surface area is 632 Å². The SMILES string of the molecule is C1CC2C3CCC(O3)C2C1.C1CC2C3CCC(S3)C2C1.C1CC2CCC1O2.C1CC2CCC1S2.CC.CC.CC.CC.CC.CC.CC.CC.CC.CC.CC.NS(=O)(=O)c1ccccc1.c1cc[nH]c1.c1ccc2[nH]ccc2c1.c1ccncc1.c1ccoc1.c1cocn1.c1cscn1. The molecule has 8 bridgehead atoms. The molecule has 8 saturated heterocycles. The molecule has 8 aliphatic heterocycles. The van der Waals surface area contributed by atoms with E-state index in [-0.39, 0.29) is 4.90 Å². The Kier molecular flexibility index (Phi) is 75.8. The summed E-state index contributed by atoms with van der Waals surface area (Å²) >= 11 is 6.16. The summed E-state index contributed by atoms with van der Waals surface area (Å²) in [6, 6.07) is 31.4. The second kappa shape index (κ2) is 74.8. The van der Waals surface area contributed by atoms with Crippen LogP contribution in [0.25, 0.3) is 10.9 Å². The molecule has 14 heterocycles. The Morgan fingerprint density at radius 2 is 0.871 bits per heavy atom. The lowest BCUT2D eigenvalue weighted by Gasteiger charge is -2.21. The molecule has 2 saturated carbocycles. The average molecular weight is 1480 g/mol. The monoisotopic (exact) mass is 1480 g/mol. The summed E-state index contributed by atoms with van der Waals surface area (Å²) in [6.45, 7) is 44.0. The number of thioether (sulfide) groups is 2. The molecule has 8 atom stereocenters. The Bertz CT molecular complexity index is 2460. The number of aromatic nitrogens is 5. The van der Waals surface area contributed by atoms with Gasteiger partial charge >= 0.3 is 0 Å². The second-order valence-corrected chi connectivity index (χ2v) is 26.5. The van der Waals surface area contributed by atoms with E-state index < -0.39 is 10.0 Å². The molecule has 2 aliphatic carbocycles. The van der Waals surface area contributed by atoms with Gasteiger partial charge in [0.1, 0.15) is 6.26 Å². The van der Waals surface area contributed by atoms with E-state index >= 15 is 0 Å². The number of H-pyrrole nitrogens is 2. The summed E-state index contributed by atoms with van der Waals surface area (Å²) in [5, 5.41) is 12.4. The first-order chi connectivity index (χ1) is 49.9. The van der Waals surface area contributed by atoms with Crippen LogP contribution >= 0.6 is 34.9 Å². The van der Waals surface area contributed by atoms with Crippen molar-refractivity contribution in [2.24, 2.45) is 28.8 Å². The van der Waals surface area contributed by atoms with Crippen LogP contribution in [0, 0.1) is 23.7 Å². The Balaban J connectivity index is -0.000000502. The first kappa shape index (κ1) is 102. The fourth-order valence-corrected chi connectivity index (χ4v) is 17.0. The van der Waals surface area contributed by atoms with Crippen LogP contribution in [0.15, 0.2) is 196 Å². The summed E-state index contributed by atoms with van der Waals surface area (Å²) in [4.78, 5) is 17.2. The number of aromatic amines is 2. The lowest BCUT2D eigenvalue weighted by molar-refractivity contribution is 0.0814. The van der Waals surface area contributed by atoms with Crippen molar-refractivity contribution in [3.05, 3.63) is 183 Å². The standard InChI is InChI=1S/C9H14O.C9H14S.C8H7N.C6H7NO2S.C6H10O.C6H10S.C5H5N.C4H5N.C4H4O.C3H3NO.C3H3NS.11C2H6/c2*1-2-6-7(3-1)9-5-4-8(6)10-9;1-2-4-8-7(3-1)5-6-9-8;7-10(8,9)6-4-2-1-3-5-6;2*1-2-6-4-3-5(1)7-6;1-2-4-6-5-3-1;2*1-2-4-5-3-1;2*1-2-5-3-4-1;11*1-2/h2*6-9H,1-5H2;1-6,9H;1-5H,(H2,7,8,9);2*5-6H,1-4H2;1-5H;1-5H;1-4H;2*1-3H;11*1-2H3. The van der Waals surface area contributed by atoms with Crippen LogP contribution in [-0.4, -0.2) is 78.8 Å². The topological polar surface area (TPSA) is 175 Å². The van der Waals surface area contributed by atoms with Crippen LogP contribution in [0.5, 0.6) is 0 Å². The van der Waals surface area contributed by atoms with Crippen molar-refractivity contribution in [3.8, 4) is 0 Å². The molecule has 0 amide bonds. The number of pyridine rings is 1. The van der Waals surface area contributed by atoms with E-state index in [1.165, 1.54) is 131 Å². The molecule has 6 aromatic heterocycles. The number of nitrogens with two attached hydrogens (primary N) is 1. The lowest BCUT2D eigenvalue weighted by Crippen LogP contribution is -2.21. The van der Waals surface area contributed by atoms with E-state index in [2.05, 4.69) is 75.5 Å². The number of nitrogens with one attached hydrogen (secondary N) is 2. The number of ether oxygens (including phenoxy) is 2. The summed E-state index contributed by atoms with van der Waals surface area (Å²) in [5.41, 5.74) is 3.00. The zero-order valence-corrected chi connectivity index (χ0v) is 70.7. The van der Waals surface area contributed by atoms with Gasteiger partial charge in [0.15, 0.2) is 6.39 Å². The van der Waals surface area contributed by atoms with E-state index in [0.29, 0.717) is 24.4 Å². The van der Waals surface area contributed by atoms with Crippen LogP contribution in [0.1, 0.15) is 268 Å². The maximum Gasteiger partial charge on any atom is 0.238 e. The minimum absolute atomic E-state index is 0.148. The summed E-state index contributed by atoms with van der Waals surface area (Å²) < 4.78 is 41.6. The highest BCUT2D eigenvalue weighted by Gasteiger charge is 2.51. The quantitative estimate of drug-likeness (QED) is 0.143. The Hall–Kier alpha value is -4.94. The predicted octanol–water partition coefficient (Wildman–Crippen LogP) is 27.0. The van der Waals surface area contributed by atoms with Crippen molar-refractivity contribution >= 4 is 55.8 Å².